The van der Waals surface area contributed by atoms with Crippen LogP contribution in [0.1, 0.15) is 12.8 Å². The first-order chi connectivity index (χ1) is 12.9. The first kappa shape index (κ1) is 19.5. The molecule has 3 heterocycles. The predicted octanol–water partition coefficient (Wildman–Crippen LogP) is -2.12. The quantitative estimate of drug-likeness (QED) is 0.421. The number of carbonyl (C=O) groups excluding carboxylic acids is 1. The Kier molecular flexibility index (Phi) is 5.89. The molecule has 1 saturated heterocycles. The molecular weight excluding hydrogens is 358 g/mol. The summed E-state index contributed by atoms with van der Waals surface area (Å²) >= 11 is 0. The molecule has 3 aliphatic rings. The summed E-state index contributed by atoms with van der Waals surface area (Å²) in [5, 5.41) is 23.2. The second-order valence-electron chi connectivity index (χ2n) is 6.79. The van der Waals surface area contributed by atoms with E-state index in [4.69, 9.17) is 10.5 Å². The number of carbonyl (C=O) groups is 1. The highest BCUT2D eigenvalue weighted by Crippen LogP contribution is 2.29. The largest absolute Gasteiger partial charge is 0.387 e. The number of amides is 1. The van der Waals surface area contributed by atoms with Gasteiger partial charge in [-0.3, -0.25) is 9.79 Å². The zero-order valence-corrected chi connectivity index (χ0v) is 14.8. The second-order valence-corrected chi connectivity index (χ2v) is 6.79. The summed E-state index contributed by atoms with van der Waals surface area (Å²) in [6.07, 6.45) is -0.782. The molecule has 0 aromatic heterocycles. The van der Waals surface area contributed by atoms with E-state index in [9.17, 15) is 19.9 Å². The number of hydrogen-bond donors (Lipinski definition) is 3. The average Bonchev–Trinajstić information content (AvgIpc) is 3.19. The van der Waals surface area contributed by atoms with Gasteiger partial charge in [0.25, 0.3) is 5.91 Å². The fraction of sp³-hybridized carbons (Fsp3) is 0.733. The SMILES string of the molecule is CN(CCCC(=O)N=O)CC1OC(N2C=NC3C(N)=NC=NC32)C(O)[C@@H]1O. The van der Waals surface area contributed by atoms with Crippen LogP contribution in [0, 0.1) is 4.91 Å². The van der Waals surface area contributed by atoms with E-state index in [1.54, 1.807) is 11.9 Å². The van der Waals surface area contributed by atoms with Crippen molar-refractivity contribution in [2.24, 2.45) is 25.9 Å². The van der Waals surface area contributed by atoms with Crippen molar-refractivity contribution in [2.75, 3.05) is 20.1 Å². The molecule has 3 aliphatic heterocycles. The molecule has 0 spiro atoms. The van der Waals surface area contributed by atoms with Crippen molar-refractivity contribution < 1.29 is 19.7 Å². The van der Waals surface area contributed by atoms with Crippen molar-refractivity contribution in [3.63, 3.8) is 0 Å². The van der Waals surface area contributed by atoms with E-state index in [-0.39, 0.29) is 6.42 Å². The van der Waals surface area contributed by atoms with E-state index < -0.39 is 42.7 Å². The van der Waals surface area contributed by atoms with E-state index in [0.717, 1.165) is 0 Å². The number of nitroso groups, excluding NO2 is 1. The molecule has 0 aromatic rings. The van der Waals surface area contributed by atoms with Gasteiger partial charge in [-0.1, -0.05) is 0 Å². The molecule has 12 nitrogen and oxygen atoms in total. The Balaban J connectivity index is 1.56. The Labute approximate surface area is 155 Å². The molecule has 1 amide bonds. The topological polar surface area (TPSA) is 166 Å². The minimum Gasteiger partial charge on any atom is -0.387 e. The van der Waals surface area contributed by atoms with E-state index in [2.05, 4.69) is 20.2 Å². The van der Waals surface area contributed by atoms with Crippen LogP contribution in [0.4, 0.5) is 0 Å². The van der Waals surface area contributed by atoms with E-state index >= 15 is 0 Å². The molecule has 0 aromatic carbocycles. The molecule has 4 N–H and O–H groups in total. The van der Waals surface area contributed by atoms with Crippen molar-refractivity contribution >= 4 is 24.4 Å². The van der Waals surface area contributed by atoms with Crippen molar-refractivity contribution in [1.82, 2.24) is 9.80 Å². The van der Waals surface area contributed by atoms with E-state index in [1.165, 1.54) is 12.7 Å². The highest BCUT2D eigenvalue weighted by Gasteiger charge is 2.49. The highest BCUT2D eigenvalue weighted by molar-refractivity contribution is 5.96. The average molecular weight is 381 g/mol. The lowest BCUT2D eigenvalue weighted by Gasteiger charge is -2.31. The van der Waals surface area contributed by atoms with Gasteiger partial charge in [0.1, 0.15) is 36.5 Å². The first-order valence-corrected chi connectivity index (χ1v) is 8.64. The minimum absolute atomic E-state index is 0.0709. The van der Waals surface area contributed by atoms with Crippen LogP contribution in [0.25, 0.3) is 0 Å². The summed E-state index contributed by atoms with van der Waals surface area (Å²) in [4.78, 5) is 36.9. The van der Waals surface area contributed by atoms with E-state index in [0.29, 0.717) is 25.3 Å². The lowest BCUT2D eigenvalue weighted by atomic mass is 10.1. The maximum Gasteiger partial charge on any atom is 0.286 e. The van der Waals surface area contributed by atoms with Crippen LogP contribution in [-0.4, -0.2) is 101 Å². The number of amidine groups is 1. The van der Waals surface area contributed by atoms with Gasteiger partial charge in [-0.15, -0.1) is 4.91 Å². The van der Waals surface area contributed by atoms with Gasteiger partial charge in [0.15, 0.2) is 12.4 Å². The van der Waals surface area contributed by atoms with Gasteiger partial charge < -0.3 is 30.5 Å². The molecule has 0 aliphatic carbocycles. The summed E-state index contributed by atoms with van der Waals surface area (Å²) in [5.74, 6) is -0.354. The summed E-state index contributed by atoms with van der Waals surface area (Å²) in [6, 6.07) is -0.436. The third-order valence-corrected chi connectivity index (χ3v) is 4.83. The van der Waals surface area contributed by atoms with E-state index in [1.807, 2.05) is 4.90 Å². The number of aliphatic imine (C=N–C) groups is 3. The normalized spacial score (nSPS) is 34.8. The lowest BCUT2D eigenvalue weighted by molar-refractivity contribution is -0.118. The number of ether oxygens (including phenoxy) is 1. The molecule has 3 rings (SSSR count). The maximum atomic E-state index is 10.9. The van der Waals surface area contributed by atoms with Crippen molar-refractivity contribution in [1.29, 1.82) is 0 Å². The molecule has 27 heavy (non-hydrogen) atoms. The van der Waals surface area contributed by atoms with Gasteiger partial charge in [0, 0.05) is 18.1 Å². The number of rotatable bonds is 7. The summed E-state index contributed by atoms with van der Waals surface area (Å²) in [6.45, 7) is 0.852. The Morgan fingerprint density at radius 3 is 2.93 bits per heavy atom. The second kappa shape index (κ2) is 8.17. The number of fused-ring (bicyclic) bond motifs is 1. The van der Waals surface area contributed by atoms with Gasteiger partial charge in [-0.25, -0.2) is 9.98 Å². The van der Waals surface area contributed by atoms with Gasteiger partial charge in [0.2, 0.25) is 0 Å². The fourth-order valence-electron chi connectivity index (χ4n) is 3.38. The van der Waals surface area contributed by atoms with Crippen molar-refractivity contribution in [3.05, 3.63) is 4.91 Å². The van der Waals surface area contributed by atoms with Crippen LogP contribution in [0.5, 0.6) is 0 Å². The number of nitrogens with zero attached hydrogens (tertiary/aromatic N) is 6. The first-order valence-electron chi connectivity index (χ1n) is 8.64. The van der Waals surface area contributed by atoms with Crippen molar-refractivity contribution in [3.8, 4) is 0 Å². The third kappa shape index (κ3) is 4.03. The molecule has 6 atom stereocenters. The highest BCUT2D eigenvalue weighted by atomic mass is 16.6. The molecule has 5 unspecified atom stereocenters. The molecular formula is C15H23N7O5. The number of aliphatic hydroxyl groups is 2. The third-order valence-electron chi connectivity index (χ3n) is 4.83. The number of nitrogens with two attached hydrogens (primary N) is 1. The number of aliphatic hydroxyl groups excluding tert-OH is 2. The number of hydrogen-bond acceptors (Lipinski definition) is 11. The van der Waals surface area contributed by atoms with Gasteiger partial charge in [0.05, 0.1) is 6.34 Å². The van der Waals surface area contributed by atoms with Crippen LogP contribution < -0.4 is 5.73 Å². The van der Waals surface area contributed by atoms with Crippen LogP contribution >= 0.6 is 0 Å². The Hall–Kier alpha value is -2.28. The minimum atomic E-state index is -1.15. The number of likely N-dealkylation sites (N-methyl/N-ethyl adjacent to an activating group) is 1. The Bertz CT molecular complexity index is 669. The zero-order chi connectivity index (χ0) is 19.6. The Morgan fingerprint density at radius 2 is 2.19 bits per heavy atom. The molecule has 1 fully saturated rings. The lowest BCUT2D eigenvalue weighted by Crippen LogP contribution is -2.51. The summed E-state index contributed by atoms with van der Waals surface area (Å²) < 4.78 is 5.88. The van der Waals surface area contributed by atoms with Gasteiger partial charge >= 0.3 is 0 Å². The van der Waals surface area contributed by atoms with Gasteiger partial charge in [-0.2, -0.15) is 0 Å². The van der Waals surface area contributed by atoms with Crippen LogP contribution in [0.3, 0.4) is 0 Å². The molecule has 0 saturated carbocycles. The smallest absolute Gasteiger partial charge is 0.286 e. The zero-order valence-electron chi connectivity index (χ0n) is 14.8. The predicted molar refractivity (Wildman–Crippen MR) is 96.2 cm³/mol. The summed E-state index contributed by atoms with van der Waals surface area (Å²) in [5.41, 5.74) is 5.82. The molecule has 12 heteroatoms. The Morgan fingerprint density at radius 1 is 1.41 bits per heavy atom. The maximum absolute atomic E-state index is 10.9. The standard InChI is InChI=1S/C15H23N7O5/c1-21(4-2-3-9(23)20-26)5-8-11(24)12(25)15(27-8)22-7-19-10-13(16)17-6-18-14(10)22/h6-8,10-12,14-15,24-25H,2-5H2,1H3,(H2,16,17,18)/t8?,10?,11-,12?,14?,15?/m1/s1. The van der Waals surface area contributed by atoms with Crippen molar-refractivity contribution in [2.45, 2.75) is 49.6 Å². The monoisotopic (exact) mass is 381 g/mol. The molecule has 0 bridgehead atoms. The van der Waals surface area contributed by atoms with Gasteiger partial charge in [-0.05, 0) is 20.0 Å². The summed E-state index contributed by atoms with van der Waals surface area (Å²) in [7, 11) is 1.80. The molecule has 148 valence electrons. The van der Waals surface area contributed by atoms with Crippen LogP contribution in [0.15, 0.2) is 20.2 Å². The van der Waals surface area contributed by atoms with Crippen LogP contribution in [-0.2, 0) is 9.53 Å². The molecule has 0 radical (unpaired) electrons. The van der Waals surface area contributed by atoms with Crippen LogP contribution in [0.2, 0.25) is 0 Å². The fourth-order valence-corrected chi connectivity index (χ4v) is 3.38.